The van der Waals surface area contributed by atoms with Crippen molar-refractivity contribution in [3.63, 3.8) is 0 Å². The number of fused-ring (bicyclic) bond motifs is 1. The quantitative estimate of drug-likeness (QED) is 0.417. The van der Waals surface area contributed by atoms with Crippen LogP contribution in [0, 0.1) is 5.82 Å². The van der Waals surface area contributed by atoms with Crippen LogP contribution in [0.2, 0.25) is 0 Å². The van der Waals surface area contributed by atoms with Gasteiger partial charge in [-0.1, -0.05) is 18.2 Å². The number of hydrogen-bond donors (Lipinski definition) is 1. The molecule has 2 aliphatic rings. The number of anilines is 1. The molecule has 1 spiro atoms. The van der Waals surface area contributed by atoms with Crippen LogP contribution in [-0.2, 0) is 4.74 Å². The monoisotopic (exact) mass is 494 g/mol. The van der Waals surface area contributed by atoms with Gasteiger partial charge in [0.05, 0.1) is 29.0 Å². The first-order valence-electron chi connectivity index (χ1n) is 11.4. The summed E-state index contributed by atoms with van der Waals surface area (Å²) in [6, 6.07) is 17.1. The van der Waals surface area contributed by atoms with Crippen molar-refractivity contribution in [1.82, 2.24) is 14.5 Å². The fraction of sp³-hybridized carbons (Fsp3) is 0.269. The van der Waals surface area contributed by atoms with Crippen molar-refractivity contribution in [2.45, 2.75) is 37.2 Å². The number of amides is 1. The number of rotatable bonds is 3. The molecule has 1 N–H and O–H groups in total. The van der Waals surface area contributed by atoms with Gasteiger partial charge in [0.25, 0.3) is 5.56 Å². The minimum atomic E-state index is -0.594. The van der Waals surface area contributed by atoms with Crippen molar-refractivity contribution >= 4 is 35.2 Å². The third kappa shape index (κ3) is 4.08. The van der Waals surface area contributed by atoms with Gasteiger partial charge in [-0.05, 0) is 62.1 Å². The van der Waals surface area contributed by atoms with Crippen molar-refractivity contribution in [2.24, 2.45) is 0 Å². The van der Waals surface area contributed by atoms with E-state index in [0.29, 0.717) is 19.4 Å². The first-order chi connectivity index (χ1) is 16.5. The SMILES string of the molecule is Cl.O=C1OC2(CCC(c3nc4ccc(-n5ccccc5=O)cc4[nH]3)CC2)CN1c1ccccc1F. The summed E-state index contributed by atoms with van der Waals surface area (Å²) < 4.78 is 21.6. The largest absolute Gasteiger partial charge is 0.441 e. The molecule has 3 heterocycles. The number of halogens is 2. The first kappa shape index (κ1) is 23.1. The van der Waals surface area contributed by atoms with Crippen LogP contribution in [0.25, 0.3) is 16.7 Å². The second kappa shape index (κ2) is 8.85. The minimum absolute atomic E-state index is 0. The number of ether oxygens (including phenoxy) is 1. The average molecular weight is 495 g/mol. The van der Waals surface area contributed by atoms with Gasteiger partial charge in [0, 0.05) is 18.2 Å². The minimum Gasteiger partial charge on any atom is -0.441 e. The summed E-state index contributed by atoms with van der Waals surface area (Å²) in [4.78, 5) is 34.3. The Balaban J connectivity index is 0.00000253. The zero-order valence-corrected chi connectivity index (χ0v) is 19.6. The highest BCUT2D eigenvalue weighted by Crippen LogP contribution is 2.44. The molecule has 35 heavy (non-hydrogen) atoms. The highest BCUT2D eigenvalue weighted by Gasteiger charge is 2.48. The molecule has 1 aliphatic carbocycles. The third-order valence-corrected chi connectivity index (χ3v) is 6.98. The van der Waals surface area contributed by atoms with Crippen LogP contribution in [0.15, 0.2) is 71.7 Å². The second-order valence-corrected chi connectivity index (χ2v) is 9.10. The molecule has 6 rings (SSSR count). The van der Waals surface area contributed by atoms with E-state index in [9.17, 15) is 14.0 Å². The van der Waals surface area contributed by atoms with Crippen LogP contribution in [0.3, 0.4) is 0 Å². The molecule has 1 amide bonds. The fourth-order valence-corrected chi connectivity index (χ4v) is 5.16. The molecule has 2 aromatic carbocycles. The van der Waals surface area contributed by atoms with Gasteiger partial charge < -0.3 is 9.72 Å². The lowest BCUT2D eigenvalue weighted by Gasteiger charge is -2.34. The predicted molar refractivity (Wildman–Crippen MR) is 133 cm³/mol. The van der Waals surface area contributed by atoms with E-state index in [1.54, 1.807) is 35.0 Å². The highest BCUT2D eigenvalue weighted by atomic mass is 35.5. The van der Waals surface area contributed by atoms with Gasteiger partial charge in [-0.25, -0.2) is 14.2 Å². The van der Waals surface area contributed by atoms with E-state index in [-0.39, 0.29) is 29.6 Å². The zero-order valence-electron chi connectivity index (χ0n) is 18.8. The lowest BCUT2D eigenvalue weighted by Crippen LogP contribution is -2.38. The maximum absolute atomic E-state index is 14.2. The summed E-state index contributed by atoms with van der Waals surface area (Å²) >= 11 is 0. The van der Waals surface area contributed by atoms with Crippen molar-refractivity contribution in [3.05, 3.63) is 88.9 Å². The van der Waals surface area contributed by atoms with Crippen molar-refractivity contribution in [1.29, 1.82) is 0 Å². The van der Waals surface area contributed by atoms with E-state index < -0.39 is 17.5 Å². The zero-order chi connectivity index (χ0) is 23.3. The molecule has 1 saturated heterocycles. The van der Waals surface area contributed by atoms with Crippen LogP contribution >= 0.6 is 12.4 Å². The van der Waals surface area contributed by atoms with Crippen molar-refractivity contribution in [3.8, 4) is 5.69 Å². The molecule has 0 unspecified atom stereocenters. The number of hydrogen-bond acceptors (Lipinski definition) is 4. The van der Waals surface area contributed by atoms with E-state index in [0.717, 1.165) is 35.4 Å². The summed E-state index contributed by atoms with van der Waals surface area (Å²) in [5.74, 6) is 0.685. The average Bonchev–Trinajstić information content (AvgIpc) is 3.40. The normalized spacial score (nSPS) is 21.8. The van der Waals surface area contributed by atoms with E-state index in [1.807, 2.05) is 24.3 Å². The van der Waals surface area contributed by atoms with Crippen LogP contribution in [0.5, 0.6) is 0 Å². The van der Waals surface area contributed by atoms with Crippen molar-refractivity contribution < 1.29 is 13.9 Å². The Bertz CT molecular complexity index is 1460. The number of aromatic amines is 1. The molecule has 180 valence electrons. The van der Waals surface area contributed by atoms with E-state index in [1.165, 1.54) is 17.0 Å². The molecule has 1 saturated carbocycles. The predicted octanol–water partition coefficient (Wildman–Crippen LogP) is 5.33. The third-order valence-electron chi connectivity index (χ3n) is 6.98. The number of aromatic nitrogens is 3. The summed E-state index contributed by atoms with van der Waals surface area (Å²) in [7, 11) is 0. The second-order valence-electron chi connectivity index (χ2n) is 9.10. The number of carbonyl (C=O) groups is 1. The number of nitrogens with zero attached hydrogens (tertiary/aromatic N) is 3. The number of imidazole rings is 1. The maximum atomic E-state index is 14.2. The standard InChI is InChI=1S/C26H23FN4O3.ClH/c27-19-5-1-2-6-22(19)31-16-26(34-25(31)33)12-10-17(11-13-26)24-28-20-9-8-18(15-21(20)29-24)30-14-4-3-7-23(30)32;/h1-9,14-15,17H,10-13,16H2,(H,28,29);1H. The van der Waals surface area contributed by atoms with Crippen LogP contribution in [0.4, 0.5) is 14.9 Å². The number of para-hydroxylation sites is 1. The molecule has 0 radical (unpaired) electrons. The van der Waals surface area contributed by atoms with E-state index >= 15 is 0 Å². The Morgan fingerprint density at radius 3 is 2.57 bits per heavy atom. The number of carbonyl (C=O) groups excluding carboxylic acids is 1. The number of H-pyrrole nitrogens is 1. The van der Waals surface area contributed by atoms with Gasteiger partial charge in [0.2, 0.25) is 0 Å². The van der Waals surface area contributed by atoms with Crippen molar-refractivity contribution in [2.75, 3.05) is 11.4 Å². The molecule has 7 nitrogen and oxygen atoms in total. The van der Waals surface area contributed by atoms with Crippen LogP contribution in [-0.4, -0.2) is 32.8 Å². The van der Waals surface area contributed by atoms with Gasteiger partial charge in [-0.3, -0.25) is 14.3 Å². The Morgan fingerprint density at radius 1 is 1.03 bits per heavy atom. The topological polar surface area (TPSA) is 80.2 Å². The lowest BCUT2D eigenvalue weighted by atomic mass is 9.78. The first-order valence-corrected chi connectivity index (χ1v) is 11.4. The van der Waals surface area contributed by atoms with Gasteiger partial charge >= 0.3 is 6.09 Å². The molecular weight excluding hydrogens is 471 g/mol. The van der Waals surface area contributed by atoms with Gasteiger partial charge in [0.15, 0.2) is 0 Å². The van der Waals surface area contributed by atoms with Crippen LogP contribution in [0.1, 0.15) is 37.4 Å². The fourth-order valence-electron chi connectivity index (χ4n) is 5.16. The van der Waals surface area contributed by atoms with Crippen LogP contribution < -0.4 is 10.5 Å². The Kier molecular flexibility index (Phi) is 5.84. The maximum Gasteiger partial charge on any atom is 0.415 e. The Morgan fingerprint density at radius 2 is 1.80 bits per heavy atom. The molecule has 0 atom stereocenters. The summed E-state index contributed by atoms with van der Waals surface area (Å²) in [6.45, 7) is 0.356. The molecule has 9 heteroatoms. The van der Waals surface area contributed by atoms with E-state index in [4.69, 9.17) is 9.72 Å². The number of benzene rings is 2. The number of nitrogens with one attached hydrogen (secondary N) is 1. The van der Waals surface area contributed by atoms with Gasteiger partial charge in [-0.2, -0.15) is 0 Å². The van der Waals surface area contributed by atoms with E-state index in [2.05, 4.69) is 4.98 Å². The van der Waals surface area contributed by atoms with Gasteiger partial charge in [0.1, 0.15) is 17.2 Å². The Hall–Kier alpha value is -3.65. The molecule has 2 aromatic heterocycles. The summed E-state index contributed by atoms with van der Waals surface area (Å²) in [5, 5.41) is 0. The lowest BCUT2D eigenvalue weighted by molar-refractivity contribution is 0.0208. The molecule has 4 aromatic rings. The van der Waals surface area contributed by atoms with Gasteiger partial charge in [-0.15, -0.1) is 12.4 Å². The smallest absolute Gasteiger partial charge is 0.415 e. The Labute approximate surface area is 207 Å². The summed E-state index contributed by atoms with van der Waals surface area (Å²) in [5.41, 5.74) is 2.08. The molecule has 2 fully saturated rings. The molecule has 0 bridgehead atoms. The summed E-state index contributed by atoms with van der Waals surface area (Å²) in [6.07, 6.45) is 4.25. The molecular formula is C26H24ClFN4O3. The number of pyridine rings is 1. The highest BCUT2D eigenvalue weighted by molar-refractivity contribution is 5.90. The molecule has 1 aliphatic heterocycles.